The molecule has 0 radical (unpaired) electrons. The minimum atomic E-state index is -0.456. The van der Waals surface area contributed by atoms with Crippen LogP contribution in [0.5, 0.6) is 0 Å². The number of hydrogen-bond acceptors (Lipinski definition) is 4. The van der Waals surface area contributed by atoms with Gasteiger partial charge in [0, 0.05) is 18.5 Å². The molecular weight excluding hydrogens is 334 g/mol. The topological polar surface area (TPSA) is 63.2 Å². The third kappa shape index (κ3) is 5.53. The van der Waals surface area contributed by atoms with Crippen LogP contribution in [-0.2, 0) is 4.74 Å². The van der Waals surface area contributed by atoms with Gasteiger partial charge in [-0.1, -0.05) is 0 Å². The molecule has 1 aromatic rings. The van der Waals surface area contributed by atoms with Crippen LogP contribution >= 0.6 is 15.9 Å². The lowest BCUT2D eigenvalue weighted by Crippen LogP contribution is -2.37. The summed E-state index contributed by atoms with van der Waals surface area (Å²) < 4.78 is 6.07. The standard InChI is InChI=1S/C15H22BrN3O2/c1-14(2,3)21-13(20)19-10-15(6-7-15)9-18-11-4-5-12(16)17-8-11/h4-5,8,18H,6-7,9-10H2,1-3H3,(H,19,20). The van der Waals surface area contributed by atoms with E-state index in [2.05, 4.69) is 31.5 Å². The van der Waals surface area contributed by atoms with Gasteiger partial charge >= 0.3 is 6.09 Å². The van der Waals surface area contributed by atoms with Gasteiger partial charge in [-0.15, -0.1) is 0 Å². The van der Waals surface area contributed by atoms with Crippen LogP contribution in [0.3, 0.4) is 0 Å². The van der Waals surface area contributed by atoms with Crippen molar-refractivity contribution in [2.75, 3.05) is 18.4 Å². The number of anilines is 1. The Hall–Kier alpha value is -1.30. The number of halogens is 1. The average Bonchev–Trinajstić information content (AvgIpc) is 3.15. The van der Waals surface area contributed by atoms with Crippen LogP contribution in [0.15, 0.2) is 22.9 Å². The van der Waals surface area contributed by atoms with E-state index >= 15 is 0 Å². The summed E-state index contributed by atoms with van der Waals surface area (Å²) in [6.07, 6.45) is 3.67. The van der Waals surface area contributed by atoms with Crippen LogP contribution in [0.25, 0.3) is 0 Å². The van der Waals surface area contributed by atoms with Crippen molar-refractivity contribution in [3.05, 3.63) is 22.9 Å². The molecule has 0 unspecified atom stereocenters. The lowest BCUT2D eigenvalue weighted by molar-refractivity contribution is 0.0517. The maximum Gasteiger partial charge on any atom is 0.407 e. The number of rotatable bonds is 5. The molecule has 116 valence electrons. The fraction of sp³-hybridized carbons (Fsp3) is 0.600. The van der Waals surface area contributed by atoms with Gasteiger partial charge in [0.15, 0.2) is 0 Å². The number of carbonyl (C=O) groups is 1. The molecule has 0 saturated heterocycles. The normalized spacial score (nSPS) is 16.2. The van der Waals surface area contributed by atoms with Crippen LogP contribution < -0.4 is 10.6 Å². The van der Waals surface area contributed by atoms with Crippen molar-refractivity contribution in [2.45, 2.75) is 39.2 Å². The summed E-state index contributed by atoms with van der Waals surface area (Å²) in [6, 6.07) is 3.88. The van der Waals surface area contributed by atoms with Crippen LogP contribution in [0.4, 0.5) is 10.5 Å². The van der Waals surface area contributed by atoms with Gasteiger partial charge in [-0.05, 0) is 61.7 Å². The van der Waals surface area contributed by atoms with Crippen molar-refractivity contribution in [1.82, 2.24) is 10.3 Å². The van der Waals surface area contributed by atoms with Crippen molar-refractivity contribution in [3.8, 4) is 0 Å². The number of carbonyl (C=O) groups excluding carboxylic acids is 1. The van der Waals surface area contributed by atoms with Crippen LogP contribution in [-0.4, -0.2) is 29.8 Å². The monoisotopic (exact) mass is 355 g/mol. The van der Waals surface area contributed by atoms with Crippen LogP contribution in [0.2, 0.25) is 0 Å². The number of amides is 1. The van der Waals surface area contributed by atoms with E-state index in [1.165, 1.54) is 0 Å². The highest BCUT2D eigenvalue weighted by molar-refractivity contribution is 9.10. The number of nitrogens with zero attached hydrogens (tertiary/aromatic N) is 1. The number of aromatic nitrogens is 1. The van der Waals surface area contributed by atoms with Crippen molar-refractivity contribution in [2.24, 2.45) is 5.41 Å². The van der Waals surface area contributed by atoms with Crippen LogP contribution in [0.1, 0.15) is 33.6 Å². The fourth-order valence-electron chi connectivity index (χ4n) is 1.94. The molecule has 21 heavy (non-hydrogen) atoms. The number of pyridine rings is 1. The molecule has 1 saturated carbocycles. The Bertz CT molecular complexity index is 493. The fourth-order valence-corrected chi connectivity index (χ4v) is 2.17. The first-order valence-electron chi connectivity index (χ1n) is 7.10. The predicted molar refractivity (Wildman–Crippen MR) is 86.3 cm³/mol. The second kappa shape index (κ2) is 6.22. The van der Waals surface area contributed by atoms with Gasteiger partial charge in [-0.3, -0.25) is 0 Å². The molecule has 0 bridgehead atoms. The zero-order valence-electron chi connectivity index (χ0n) is 12.7. The molecule has 0 aliphatic heterocycles. The van der Waals surface area contributed by atoms with Gasteiger partial charge < -0.3 is 15.4 Å². The summed E-state index contributed by atoms with van der Waals surface area (Å²) in [5.41, 5.74) is 0.674. The van der Waals surface area contributed by atoms with E-state index in [1.54, 1.807) is 6.20 Å². The molecule has 1 aliphatic carbocycles. The van der Waals surface area contributed by atoms with E-state index in [9.17, 15) is 4.79 Å². The minimum absolute atomic E-state index is 0.143. The Labute approximate surface area is 134 Å². The first-order valence-corrected chi connectivity index (χ1v) is 7.90. The van der Waals surface area contributed by atoms with Crippen molar-refractivity contribution < 1.29 is 9.53 Å². The zero-order chi connectivity index (χ0) is 15.5. The van der Waals surface area contributed by atoms with E-state index in [0.29, 0.717) is 6.54 Å². The molecule has 1 heterocycles. The Morgan fingerprint density at radius 1 is 1.38 bits per heavy atom. The first kappa shape index (κ1) is 16.1. The lowest BCUT2D eigenvalue weighted by Gasteiger charge is -2.22. The molecular formula is C15H22BrN3O2. The highest BCUT2D eigenvalue weighted by Gasteiger charge is 2.42. The van der Waals surface area contributed by atoms with Crippen molar-refractivity contribution >= 4 is 27.7 Å². The second-order valence-corrected chi connectivity index (χ2v) is 7.39. The molecule has 2 N–H and O–H groups in total. The summed E-state index contributed by atoms with van der Waals surface area (Å²) in [4.78, 5) is 15.9. The highest BCUT2D eigenvalue weighted by Crippen LogP contribution is 2.45. The SMILES string of the molecule is CC(C)(C)OC(=O)NCC1(CNc2ccc(Br)nc2)CC1. The molecule has 6 heteroatoms. The predicted octanol–water partition coefficient (Wildman–Crippen LogP) is 3.56. The summed E-state index contributed by atoms with van der Waals surface area (Å²) in [5.74, 6) is 0. The number of ether oxygens (including phenoxy) is 1. The van der Waals surface area contributed by atoms with Crippen molar-refractivity contribution in [3.63, 3.8) is 0 Å². The molecule has 1 aromatic heterocycles. The number of alkyl carbamates (subject to hydrolysis) is 1. The van der Waals surface area contributed by atoms with Crippen LogP contribution in [0, 0.1) is 5.41 Å². The average molecular weight is 356 g/mol. The molecule has 2 rings (SSSR count). The van der Waals surface area contributed by atoms with Gasteiger partial charge in [0.1, 0.15) is 10.2 Å². The maximum atomic E-state index is 11.7. The zero-order valence-corrected chi connectivity index (χ0v) is 14.3. The van der Waals surface area contributed by atoms with Gasteiger partial charge in [-0.25, -0.2) is 9.78 Å². The molecule has 0 aromatic carbocycles. The van der Waals surface area contributed by atoms with E-state index in [-0.39, 0.29) is 11.5 Å². The number of hydrogen-bond donors (Lipinski definition) is 2. The van der Waals surface area contributed by atoms with E-state index in [0.717, 1.165) is 29.7 Å². The summed E-state index contributed by atoms with van der Waals surface area (Å²) in [6.45, 7) is 7.05. The molecule has 5 nitrogen and oxygen atoms in total. The number of nitrogens with one attached hydrogen (secondary N) is 2. The molecule has 0 spiro atoms. The quantitative estimate of drug-likeness (QED) is 0.792. The summed E-state index contributed by atoms with van der Waals surface area (Å²) in [5, 5.41) is 6.23. The molecule has 1 aliphatic rings. The Balaban J connectivity index is 1.75. The maximum absolute atomic E-state index is 11.7. The van der Waals surface area contributed by atoms with Gasteiger partial charge in [0.2, 0.25) is 0 Å². The van der Waals surface area contributed by atoms with E-state index in [4.69, 9.17) is 4.74 Å². The van der Waals surface area contributed by atoms with Gasteiger partial charge in [0.25, 0.3) is 0 Å². The minimum Gasteiger partial charge on any atom is -0.444 e. The molecule has 1 amide bonds. The van der Waals surface area contributed by atoms with Gasteiger partial charge in [0.05, 0.1) is 11.9 Å². The third-order valence-corrected chi connectivity index (χ3v) is 3.83. The third-order valence-electron chi connectivity index (χ3n) is 3.36. The smallest absolute Gasteiger partial charge is 0.407 e. The Morgan fingerprint density at radius 2 is 2.10 bits per heavy atom. The Morgan fingerprint density at radius 3 is 2.62 bits per heavy atom. The van der Waals surface area contributed by atoms with E-state index < -0.39 is 5.60 Å². The van der Waals surface area contributed by atoms with E-state index in [1.807, 2.05) is 32.9 Å². The first-order chi connectivity index (χ1) is 9.78. The second-order valence-electron chi connectivity index (χ2n) is 6.58. The summed E-state index contributed by atoms with van der Waals surface area (Å²) in [7, 11) is 0. The highest BCUT2D eigenvalue weighted by atomic mass is 79.9. The van der Waals surface area contributed by atoms with Crippen molar-refractivity contribution in [1.29, 1.82) is 0 Å². The molecule has 0 atom stereocenters. The molecule has 1 fully saturated rings. The van der Waals surface area contributed by atoms with Gasteiger partial charge in [-0.2, -0.15) is 0 Å². The lowest BCUT2D eigenvalue weighted by atomic mass is 10.1. The Kier molecular flexibility index (Phi) is 4.76. The largest absolute Gasteiger partial charge is 0.444 e. The summed E-state index contributed by atoms with van der Waals surface area (Å²) >= 11 is 3.31.